The van der Waals surface area contributed by atoms with Crippen molar-refractivity contribution in [1.29, 1.82) is 0 Å². The zero-order valence-electron chi connectivity index (χ0n) is 12.1. The minimum absolute atomic E-state index is 0.0434. The number of benzene rings is 1. The molecule has 0 aliphatic heterocycles. The van der Waals surface area contributed by atoms with Crippen molar-refractivity contribution in [2.45, 2.75) is 32.3 Å². The van der Waals surface area contributed by atoms with Crippen molar-refractivity contribution >= 4 is 23.4 Å². The number of halogens is 1. The molecule has 116 valence electrons. The van der Waals surface area contributed by atoms with Crippen LogP contribution in [0.4, 0.5) is 0 Å². The van der Waals surface area contributed by atoms with Crippen LogP contribution in [0.3, 0.4) is 0 Å². The highest BCUT2D eigenvalue weighted by Gasteiger charge is 2.13. The molecule has 0 heterocycles. The van der Waals surface area contributed by atoms with Gasteiger partial charge in [0.25, 0.3) is 0 Å². The van der Waals surface area contributed by atoms with Crippen LogP contribution in [-0.4, -0.2) is 30.0 Å². The lowest BCUT2D eigenvalue weighted by molar-refractivity contribution is -0.123. The summed E-state index contributed by atoms with van der Waals surface area (Å²) in [5, 5.41) is 15.8. The first-order valence-corrected chi connectivity index (χ1v) is 7.37. The molecular formula is C15H21ClN2O3. The summed E-state index contributed by atoms with van der Waals surface area (Å²) in [5.41, 5.74) is 0.634. The monoisotopic (exact) mass is 312 g/mol. The van der Waals surface area contributed by atoms with Gasteiger partial charge >= 0.3 is 0 Å². The van der Waals surface area contributed by atoms with Gasteiger partial charge in [-0.2, -0.15) is 0 Å². The molecule has 3 N–H and O–H groups in total. The van der Waals surface area contributed by atoms with E-state index in [9.17, 15) is 14.7 Å². The molecule has 1 aromatic carbocycles. The average molecular weight is 313 g/mol. The first-order valence-electron chi connectivity index (χ1n) is 7.00. The van der Waals surface area contributed by atoms with Gasteiger partial charge in [-0.05, 0) is 24.1 Å². The maximum atomic E-state index is 11.7. The fourth-order valence-electron chi connectivity index (χ4n) is 1.72. The van der Waals surface area contributed by atoms with Gasteiger partial charge < -0.3 is 15.7 Å². The van der Waals surface area contributed by atoms with Crippen molar-refractivity contribution in [3.05, 3.63) is 34.9 Å². The fourth-order valence-corrected chi connectivity index (χ4v) is 1.84. The summed E-state index contributed by atoms with van der Waals surface area (Å²) < 4.78 is 0. The summed E-state index contributed by atoms with van der Waals surface area (Å²) >= 11 is 5.76. The zero-order chi connectivity index (χ0) is 15.7. The Morgan fingerprint density at radius 3 is 2.38 bits per heavy atom. The lowest BCUT2D eigenvalue weighted by Gasteiger charge is -2.11. The second-order valence-electron chi connectivity index (χ2n) is 4.72. The predicted octanol–water partition coefficient (Wildman–Crippen LogP) is 1.80. The van der Waals surface area contributed by atoms with Crippen molar-refractivity contribution in [2.24, 2.45) is 0 Å². The largest absolute Gasteiger partial charge is 0.388 e. The highest BCUT2D eigenvalue weighted by molar-refractivity contribution is 6.30. The van der Waals surface area contributed by atoms with Gasteiger partial charge in [0.05, 0.1) is 12.5 Å². The molecule has 1 unspecified atom stereocenters. The molecule has 0 saturated carbocycles. The Balaban J connectivity index is 2.27. The first-order chi connectivity index (χ1) is 10.0. The van der Waals surface area contributed by atoms with E-state index in [2.05, 4.69) is 10.6 Å². The SMILES string of the molecule is CCCNC(=O)CCNC(=O)CC(O)c1ccc(Cl)cc1. The van der Waals surface area contributed by atoms with E-state index in [0.717, 1.165) is 6.42 Å². The lowest BCUT2D eigenvalue weighted by Crippen LogP contribution is -2.31. The van der Waals surface area contributed by atoms with Crippen LogP contribution in [0.5, 0.6) is 0 Å². The summed E-state index contributed by atoms with van der Waals surface area (Å²) in [5.74, 6) is -0.379. The lowest BCUT2D eigenvalue weighted by atomic mass is 10.1. The Morgan fingerprint density at radius 1 is 1.14 bits per heavy atom. The van der Waals surface area contributed by atoms with Gasteiger partial charge in [-0.3, -0.25) is 9.59 Å². The van der Waals surface area contributed by atoms with Crippen LogP contribution < -0.4 is 10.6 Å². The molecule has 1 aromatic rings. The summed E-state index contributed by atoms with van der Waals surface area (Å²) in [7, 11) is 0. The Bertz CT molecular complexity index is 462. The summed E-state index contributed by atoms with van der Waals surface area (Å²) in [6, 6.07) is 6.68. The maximum absolute atomic E-state index is 11.7. The second kappa shape index (κ2) is 9.37. The number of hydrogen-bond donors (Lipinski definition) is 3. The molecular weight excluding hydrogens is 292 g/mol. The highest BCUT2D eigenvalue weighted by atomic mass is 35.5. The first kappa shape index (κ1) is 17.5. The van der Waals surface area contributed by atoms with Crippen LogP contribution in [0.1, 0.15) is 37.9 Å². The van der Waals surface area contributed by atoms with E-state index in [0.29, 0.717) is 17.1 Å². The minimum atomic E-state index is -0.879. The number of aliphatic hydroxyl groups excluding tert-OH is 1. The van der Waals surface area contributed by atoms with Gasteiger partial charge in [-0.1, -0.05) is 30.7 Å². The van der Waals surface area contributed by atoms with E-state index in [-0.39, 0.29) is 31.2 Å². The van der Waals surface area contributed by atoms with E-state index in [1.165, 1.54) is 0 Å². The molecule has 21 heavy (non-hydrogen) atoms. The van der Waals surface area contributed by atoms with Crippen molar-refractivity contribution in [3.63, 3.8) is 0 Å². The highest BCUT2D eigenvalue weighted by Crippen LogP contribution is 2.18. The van der Waals surface area contributed by atoms with E-state index >= 15 is 0 Å². The number of amides is 2. The molecule has 0 bridgehead atoms. The topological polar surface area (TPSA) is 78.4 Å². The second-order valence-corrected chi connectivity index (χ2v) is 5.16. The molecule has 0 radical (unpaired) electrons. The molecule has 6 heteroatoms. The van der Waals surface area contributed by atoms with Crippen LogP contribution in [0.15, 0.2) is 24.3 Å². The predicted molar refractivity (Wildman–Crippen MR) is 82.0 cm³/mol. The standard InChI is InChI=1S/C15H21ClN2O3/c1-2-8-17-14(20)7-9-18-15(21)10-13(19)11-3-5-12(16)6-4-11/h3-6,13,19H,2,7-10H2,1H3,(H,17,20)(H,18,21). The third-order valence-corrected chi connectivity index (χ3v) is 3.13. The number of hydrogen-bond acceptors (Lipinski definition) is 3. The Morgan fingerprint density at radius 2 is 1.76 bits per heavy atom. The van der Waals surface area contributed by atoms with E-state index < -0.39 is 6.10 Å². The van der Waals surface area contributed by atoms with Crippen molar-refractivity contribution in [2.75, 3.05) is 13.1 Å². The summed E-state index contributed by atoms with van der Waals surface area (Å²) in [6.45, 7) is 2.88. The smallest absolute Gasteiger partial charge is 0.222 e. The van der Waals surface area contributed by atoms with Crippen LogP contribution >= 0.6 is 11.6 Å². The van der Waals surface area contributed by atoms with Crippen LogP contribution in [-0.2, 0) is 9.59 Å². The van der Waals surface area contributed by atoms with E-state index in [1.54, 1.807) is 24.3 Å². The Labute approximate surface area is 129 Å². The Kier molecular flexibility index (Phi) is 7.79. The third kappa shape index (κ3) is 7.11. The number of aliphatic hydroxyl groups is 1. The number of nitrogens with one attached hydrogen (secondary N) is 2. The molecule has 5 nitrogen and oxygen atoms in total. The van der Waals surface area contributed by atoms with E-state index in [1.807, 2.05) is 6.92 Å². The molecule has 0 spiro atoms. The van der Waals surface area contributed by atoms with Gasteiger partial charge in [0, 0.05) is 24.5 Å². The van der Waals surface area contributed by atoms with E-state index in [4.69, 9.17) is 11.6 Å². The molecule has 1 atom stereocenters. The quantitative estimate of drug-likeness (QED) is 0.685. The summed E-state index contributed by atoms with van der Waals surface area (Å²) in [4.78, 5) is 23.0. The van der Waals surface area contributed by atoms with Crippen LogP contribution in [0, 0.1) is 0 Å². The van der Waals surface area contributed by atoms with Crippen molar-refractivity contribution in [1.82, 2.24) is 10.6 Å². The molecule has 1 rings (SSSR count). The molecule has 0 aliphatic rings. The van der Waals surface area contributed by atoms with Crippen molar-refractivity contribution in [3.8, 4) is 0 Å². The molecule has 0 fully saturated rings. The van der Waals surface area contributed by atoms with Gasteiger partial charge in [0.1, 0.15) is 0 Å². The van der Waals surface area contributed by atoms with Gasteiger partial charge in [0.2, 0.25) is 11.8 Å². The summed E-state index contributed by atoms with van der Waals surface area (Å²) in [6.07, 6.45) is 0.197. The van der Waals surface area contributed by atoms with Gasteiger partial charge in [-0.15, -0.1) is 0 Å². The molecule has 0 aromatic heterocycles. The third-order valence-electron chi connectivity index (χ3n) is 2.88. The Hall–Kier alpha value is -1.59. The molecule has 0 saturated heterocycles. The average Bonchev–Trinajstić information content (AvgIpc) is 2.45. The number of carbonyl (C=O) groups excluding carboxylic acids is 2. The van der Waals surface area contributed by atoms with Crippen LogP contribution in [0.2, 0.25) is 5.02 Å². The van der Waals surface area contributed by atoms with Crippen LogP contribution in [0.25, 0.3) is 0 Å². The van der Waals surface area contributed by atoms with Gasteiger partial charge in [0.15, 0.2) is 0 Å². The van der Waals surface area contributed by atoms with Crippen molar-refractivity contribution < 1.29 is 14.7 Å². The molecule has 0 aliphatic carbocycles. The minimum Gasteiger partial charge on any atom is -0.388 e. The normalized spacial score (nSPS) is 11.8. The molecule has 2 amide bonds. The number of carbonyl (C=O) groups is 2. The number of rotatable bonds is 8. The maximum Gasteiger partial charge on any atom is 0.222 e. The zero-order valence-corrected chi connectivity index (χ0v) is 12.8. The van der Waals surface area contributed by atoms with Gasteiger partial charge in [-0.25, -0.2) is 0 Å². The fraction of sp³-hybridized carbons (Fsp3) is 0.467.